The van der Waals surface area contributed by atoms with Crippen LogP contribution in [0.4, 0.5) is 17.3 Å². The number of fused-ring (bicyclic) bond motifs is 1. The molecule has 1 spiro atoms. The fourth-order valence-electron chi connectivity index (χ4n) is 10.2. The lowest BCUT2D eigenvalue weighted by Gasteiger charge is -2.57. The zero-order valence-corrected chi connectivity index (χ0v) is 37.9. The highest BCUT2D eigenvalue weighted by Gasteiger charge is 2.50. The minimum atomic E-state index is -4.66. The van der Waals surface area contributed by atoms with Crippen LogP contribution in [0, 0.1) is 21.4 Å². The van der Waals surface area contributed by atoms with Crippen LogP contribution in [0.2, 0.25) is 0 Å². The number of aliphatic hydroxyl groups is 1. The Labute approximate surface area is 378 Å². The molecule has 65 heavy (non-hydrogen) atoms. The Bertz CT molecular complexity index is 2660. The van der Waals surface area contributed by atoms with E-state index < -0.39 is 37.0 Å². The molecule has 1 aromatic carbocycles. The molecule has 1 atom stereocenters. The number of H-pyrrole nitrogens is 1. The molecule has 2 saturated heterocycles. The molecule has 2 saturated carbocycles. The van der Waals surface area contributed by atoms with E-state index in [0.717, 1.165) is 82.4 Å². The molecule has 0 unspecified atom stereocenters. The predicted octanol–water partition coefficient (Wildman–Crippen LogP) is 7.47. The first-order valence-electron chi connectivity index (χ1n) is 22.6. The van der Waals surface area contributed by atoms with Crippen molar-refractivity contribution in [3.05, 3.63) is 100 Å². The quantitative estimate of drug-likeness (QED) is 0.0666. The standard InChI is InChI=1S/C47H57N9O8S/c1-30(2)36-6-4-5-7-37(36)40-29-63-19-18-55(40)33-23-47(24-33)13-16-54(17-14-47)42-22-41(64-34-20-32-10-15-48-43(32)51-26-34)38(28-49-42)45(57)53-65(61,62)35-21-39(56(59)60)44(52-27-35)50-25-31-8-11-46(3,58)12-9-31/h4-7,10,15,20-22,26-28,30-31,33,40,58H,8-9,11-14,16-19,23-25,29H2,1-3H3,(H,48,51)(H,50,52)(H,53,57)/t31-,40-,46-/m1/s1. The third-order valence-electron chi connectivity index (χ3n) is 14.1. The van der Waals surface area contributed by atoms with Gasteiger partial charge in [-0.05, 0) is 98.8 Å². The number of hydrogen-bond donors (Lipinski definition) is 4. The fourth-order valence-corrected chi connectivity index (χ4v) is 11.2. The second-order valence-corrected chi connectivity index (χ2v) is 20.6. The van der Waals surface area contributed by atoms with Crippen LogP contribution in [-0.4, -0.2) is 100 Å². The largest absolute Gasteiger partial charge is 0.455 e. The smallest absolute Gasteiger partial charge is 0.312 e. The Kier molecular flexibility index (Phi) is 12.3. The number of nitrogens with one attached hydrogen (secondary N) is 3. The van der Waals surface area contributed by atoms with Gasteiger partial charge in [-0.2, -0.15) is 0 Å². The summed E-state index contributed by atoms with van der Waals surface area (Å²) in [7, 11) is -4.66. The first-order valence-corrected chi connectivity index (χ1v) is 24.1. The normalized spacial score (nSPS) is 22.8. The molecule has 0 bridgehead atoms. The SMILES string of the molecule is CC(C)c1ccccc1[C@H]1COCCN1C1CC2(CCN(c3cc(Oc4cnc5[nH]ccc5c4)c(C(=O)NS(=O)(=O)c4cnc(NC[C@H]5CC[C@](C)(O)CC5)c([N+](=O)[O-])c4)cn3)CC2)C1. The summed E-state index contributed by atoms with van der Waals surface area (Å²) < 4.78 is 41.8. The van der Waals surface area contributed by atoms with Gasteiger partial charge >= 0.3 is 5.69 Å². The molecule has 9 rings (SSSR count). The lowest BCUT2D eigenvalue weighted by molar-refractivity contribution is -0.384. The molecule has 18 heteroatoms. The van der Waals surface area contributed by atoms with E-state index in [1.54, 1.807) is 25.3 Å². The predicted molar refractivity (Wildman–Crippen MR) is 245 cm³/mol. The third kappa shape index (κ3) is 9.53. The number of piperidine rings is 1. The highest BCUT2D eigenvalue weighted by Crippen LogP contribution is 2.53. The average Bonchev–Trinajstić information content (AvgIpc) is 3.76. The van der Waals surface area contributed by atoms with Gasteiger partial charge in [0.15, 0.2) is 0 Å². The topological polar surface area (TPSA) is 218 Å². The number of nitro groups is 1. The number of hydrogen-bond acceptors (Lipinski definition) is 14. The zero-order valence-electron chi connectivity index (χ0n) is 37.0. The van der Waals surface area contributed by atoms with E-state index >= 15 is 0 Å². The van der Waals surface area contributed by atoms with Crippen molar-refractivity contribution in [2.45, 2.75) is 101 Å². The summed E-state index contributed by atoms with van der Waals surface area (Å²) in [4.78, 5) is 45.8. The maximum atomic E-state index is 13.9. The summed E-state index contributed by atoms with van der Waals surface area (Å²) in [5, 5.41) is 26.2. The first kappa shape index (κ1) is 44.5. The number of morpholine rings is 1. The van der Waals surface area contributed by atoms with Crippen LogP contribution in [-0.2, 0) is 14.8 Å². The number of carbonyl (C=O) groups excluding carboxylic acids is 1. The summed E-state index contributed by atoms with van der Waals surface area (Å²) in [5.41, 5.74) is 2.18. The van der Waals surface area contributed by atoms with Gasteiger partial charge in [0, 0.05) is 62.1 Å². The number of ether oxygens (including phenoxy) is 2. The Morgan fingerprint density at radius 3 is 2.55 bits per heavy atom. The number of pyridine rings is 3. The number of anilines is 2. The van der Waals surface area contributed by atoms with Gasteiger partial charge < -0.3 is 29.8 Å². The summed E-state index contributed by atoms with van der Waals surface area (Å²) >= 11 is 0. The maximum absolute atomic E-state index is 13.9. The number of amides is 1. The maximum Gasteiger partial charge on any atom is 0.312 e. The highest BCUT2D eigenvalue weighted by atomic mass is 32.2. The molecule has 1 amide bonds. The van der Waals surface area contributed by atoms with Crippen molar-refractivity contribution in [3.63, 3.8) is 0 Å². The molecule has 17 nitrogen and oxygen atoms in total. The van der Waals surface area contributed by atoms with Gasteiger partial charge in [-0.3, -0.25) is 19.8 Å². The van der Waals surface area contributed by atoms with E-state index in [-0.39, 0.29) is 34.5 Å². The van der Waals surface area contributed by atoms with Gasteiger partial charge in [-0.15, -0.1) is 0 Å². The zero-order chi connectivity index (χ0) is 45.5. The van der Waals surface area contributed by atoms with Crippen molar-refractivity contribution in [1.82, 2.24) is 29.6 Å². The van der Waals surface area contributed by atoms with Crippen LogP contribution in [0.1, 0.15) is 106 Å². The Morgan fingerprint density at radius 1 is 1.03 bits per heavy atom. The molecule has 6 heterocycles. The van der Waals surface area contributed by atoms with Gasteiger partial charge in [0.25, 0.3) is 15.9 Å². The van der Waals surface area contributed by atoms with Gasteiger partial charge in [0.2, 0.25) is 5.82 Å². The van der Waals surface area contributed by atoms with Crippen molar-refractivity contribution in [3.8, 4) is 11.5 Å². The number of sulfonamides is 1. The first-order chi connectivity index (χ1) is 31.2. The number of rotatable bonds is 13. The van der Waals surface area contributed by atoms with E-state index in [1.807, 2.05) is 6.07 Å². The molecule has 4 N–H and O–H groups in total. The monoisotopic (exact) mass is 907 g/mol. The van der Waals surface area contributed by atoms with E-state index in [4.69, 9.17) is 9.47 Å². The fraction of sp³-hybridized carbons (Fsp3) is 0.489. The van der Waals surface area contributed by atoms with Crippen molar-refractivity contribution < 1.29 is 32.7 Å². The van der Waals surface area contributed by atoms with Crippen molar-refractivity contribution in [1.29, 1.82) is 0 Å². The number of nitrogens with zero attached hydrogens (tertiary/aromatic N) is 6. The molecule has 4 aromatic heterocycles. The van der Waals surface area contributed by atoms with Crippen LogP contribution >= 0.6 is 0 Å². The number of carbonyl (C=O) groups is 1. The lowest BCUT2D eigenvalue weighted by Crippen LogP contribution is -2.58. The second kappa shape index (κ2) is 17.9. The van der Waals surface area contributed by atoms with Crippen LogP contribution in [0.25, 0.3) is 11.0 Å². The number of aromatic nitrogens is 4. The van der Waals surface area contributed by atoms with Gasteiger partial charge in [-0.25, -0.2) is 28.1 Å². The van der Waals surface area contributed by atoms with Gasteiger partial charge in [-0.1, -0.05) is 38.1 Å². The average molecular weight is 908 g/mol. The minimum absolute atomic E-state index is 0.0660. The van der Waals surface area contributed by atoms with Crippen LogP contribution in [0.3, 0.4) is 0 Å². The Morgan fingerprint density at radius 2 is 1.80 bits per heavy atom. The third-order valence-corrected chi connectivity index (χ3v) is 15.4. The van der Waals surface area contributed by atoms with E-state index in [9.17, 15) is 28.4 Å². The number of benzene rings is 1. The highest BCUT2D eigenvalue weighted by molar-refractivity contribution is 7.90. The molecule has 2 aliphatic carbocycles. The summed E-state index contributed by atoms with van der Waals surface area (Å²) in [6, 6.07) is 15.6. The van der Waals surface area contributed by atoms with Crippen molar-refractivity contribution in [2.24, 2.45) is 11.3 Å². The Hall–Kier alpha value is -5.69. The van der Waals surface area contributed by atoms with Crippen molar-refractivity contribution >= 4 is 44.3 Å². The van der Waals surface area contributed by atoms with Crippen LogP contribution < -0.4 is 19.7 Å². The van der Waals surface area contributed by atoms with E-state index in [2.05, 4.69) is 77.9 Å². The molecular weight excluding hydrogens is 851 g/mol. The molecule has 4 fully saturated rings. The molecule has 4 aliphatic rings. The molecule has 5 aromatic rings. The van der Waals surface area contributed by atoms with Crippen LogP contribution in [0.15, 0.2) is 78.2 Å². The second-order valence-electron chi connectivity index (χ2n) is 18.9. The Balaban J connectivity index is 0.898. The van der Waals surface area contributed by atoms with Gasteiger partial charge in [0.1, 0.15) is 33.4 Å². The summed E-state index contributed by atoms with van der Waals surface area (Å²) in [6.07, 6.45) is 12.4. The molecule has 0 radical (unpaired) electrons. The molecular formula is C47H57N9O8S. The molecule has 344 valence electrons. The lowest BCUT2D eigenvalue weighted by atomic mass is 9.59. The van der Waals surface area contributed by atoms with Crippen molar-refractivity contribution in [2.75, 3.05) is 49.6 Å². The van der Waals surface area contributed by atoms with Gasteiger partial charge in [0.05, 0.1) is 42.2 Å². The van der Waals surface area contributed by atoms with E-state index in [0.29, 0.717) is 55.2 Å². The number of aromatic amines is 1. The minimum Gasteiger partial charge on any atom is -0.455 e. The molecule has 2 aliphatic heterocycles. The van der Waals surface area contributed by atoms with E-state index in [1.165, 1.54) is 23.5 Å². The summed E-state index contributed by atoms with van der Waals surface area (Å²) in [5.74, 6) is 0.432. The summed E-state index contributed by atoms with van der Waals surface area (Å²) in [6.45, 7) is 10.5. The van der Waals surface area contributed by atoms with Crippen LogP contribution in [0.5, 0.6) is 11.5 Å².